The van der Waals surface area contributed by atoms with Gasteiger partial charge < -0.3 is 10.1 Å². The molecule has 1 amide bonds. The van der Waals surface area contributed by atoms with Gasteiger partial charge in [0, 0.05) is 10.2 Å². The number of sulfonamides is 1. The average Bonchev–Trinajstić information content (AvgIpc) is 2.75. The number of carbonyl (C=O) groups is 1. The molecule has 0 atom stereocenters. The molecule has 0 aliphatic rings. The third kappa shape index (κ3) is 5.58. The highest BCUT2D eigenvalue weighted by atomic mass is 79.9. The summed E-state index contributed by atoms with van der Waals surface area (Å²) in [4.78, 5) is 12.8. The van der Waals surface area contributed by atoms with Crippen LogP contribution in [0.3, 0.4) is 0 Å². The number of halogens is 2. The number of amides is 1. The summed E-state index contributed by atoms with van der Waals surface area (Å²) in [5.74, 6) is 0.0651. The number of rotatable bonds is 7. The van der Waals surface area contributed by atoms with E-state index in [1.54, 1.807) is 54.6 Å². The lowest BCUT2D eigenvalue weighted by molar-refractivity contribution is -0.114. The monoisotopic (exact) mass is 522 g/mol. The molecule has 0 saturated heterocycles. The summed E-state index contributed by atoms with van der Waals surface area (Å²) in [6, 6.07) is 17.9. The number of benzene rings is 3. The Morgan fingerprint density at radius 3 is 2.29 bits per heavy atom. The van der Waals surface area contributed by atoms with Crippen molar-refractivity contribution < 1.29 is 17.9 Å². The van der Waals surface area contributed by atoms with Crippen molar-refractivity contribution in [1.82, 2.24) is 0 Å². The lowest BCUT2D eigenvalue weighted by Crippen LogP contribution is -2.38. The lowest BCUT2D eigenvalue weighted by Gasteiger charge is -2.24. The molecule has 0 fully saturated rings. The van der Waals surface area contributed by atoms with Gasteiger partial charge in [-0.25, -0.2) is 8.42 Å². The van der Waals surface area contributed by atoms with E-state index in [0.29, 0.717) is 26.6 Å². The molecule has 0 spiro atoms. The second kappa shape index (κ2) is 9.72. The molecule has 9 heteroatoms. The molecule has 0 saturated carbocycles. The number of nitrogens with one attached hydrogen (secondary N) is 1. The molecule has 0 heterocycles. The van der Waals surface area contributed by atoms with Crippen LogP contribution in [0.4, 0.5) is 11.4 Å². The Hall–Kier alpha value is -2.55. The van der Waals surface area contributed by atoms with E-state index in [-0.39, 0.29) is 4.90 Å². The van der Waals surface area contributed by atoms with Crippen molar-refractivity contribution in [3.05, 3.63) is 81.8 Å². The van der Waals surface area contributed by atoms with E-state index in [1.807, 2.05) is 6.92 Å². The van der Waals surface area contributed by atoms with Crippen molar-refractivity contribution >= 4 is 54.8 Å². The first-order valence-corrected chi connectivity index (χ1v) is 11.8. The van der Waals surface area contributed by atoms with E-state index in [4.69, 9.17) is 16.3 Å². The van der Waals surface area contributed by atoms with Gasteiger partial charge in [0.05, 0.1) is 22.7 Å². The maximum absolute atomic E-state index is 13.4. The van der Waals surface area contributed by atoms with Crippen LogP contribution < -0.4 is 14.4 Å². The van der Waals surface area contributed by atoms with Gasteiger partial charge in [0.2, 0.25) is 5.91 Å². The Kier molecular flexibility index (Phi) is 7.25. The van der Waals surface area contributed by atoms with Crippen LogP contribution in [0, 0.1) is 6.92 Å². The highest BCUT2D eigenvalue weighted by Crippen LogP contribution is 2.27. The predicted molar refractivity (Wildman–Crippen MR) is 126 cm³/mol. The van der Waals surface area contributed by atoms with Crippen molar-refractivity contribution in [2.45, 2.75) is 11.8 Å². The third-order valence-electron chi connectivity index (χ3n) is 4.46. The van der Waals surface area contributed by atoms with Crippen molar-refractivity contribution in [3.8, 4) is 5.75 Å². The summed E-state index contributed by atoms with van der Waals surface area (Å²) in [6.45, 7) is 1.45. The van der Waals surface area contributed by atoms with Crippen LogP contribution in [0.15, 0.2) is 76.1 Å². The van der Waals surface area contributed by atoms with Gasteiger partial charge in [-0.2, -0.15) is 0 Å². The highest BCUT2D eigenvalue weighted by molar-refractivity contribution is 9.10. The molecule has 6 nitrogen and oxygen atoms in total. The largest absolute Gasteiger partial charge is 0.497 e. The Labute approximate surface area is 195 Å². The minimum atomic E-state index is -3.99. The van der Waals surface area contributed by atoms with Gasteiger partial charge in [-0.3, -0.25) is 9.10 Å². The maximum Gasteiger partial charge on any atom is 0.264 e. The minimum absolute atomic E-state index is 0.0911. The number of anilines is 2. The van der Waals surface area contributed by atoms with Gasteiger partial charge in [-0.15, -0.1) is 0 Å². The number of carbonyl (C=O) groups excluding carboxylic acids is 1. The quantitative estimate of drug-likeness (QED) is 0.459. The summed E-state index contributed by atoms with van der Waals surface area (Å²) in [5, 5.41) is 3.12. The van der Waals surface area contributed by atoms with Crippen LogP contribution in [0.2, 0.25) is 5.02 Å². The zero-order valence-corrected chi connectivity index (χ0v) is 20.0. The maximum atomic E-state index is 13.4. The summed E-state index contributed by atoms with van der Waals surface area (Å²) >= 11 is 9.37. The van der Waals surface area contributed by atoms with Crippen LogP contribution >= 0.6 is 27.5 Å². The molecule has 1 N–H and O–H groups in total. The van der Waals surface area contributed by atoms with Crippen molar-refractivity contribution in [1.29, 1.82) is 0 Å². The van der Waals surface area contributed by atoms with E-state index >= 15 is 0 Å². The van der Waals surface area contributed by atoms with E-state index in [2.05, 4.69) is 21.2 Å². The van der Waals surface area contributed by atoms with Crippen LogP contribution in [-0.2, 0) is 14.8 Å². The molecule has 0 aromatic heterocycles. The molecule has 0 unspecified atom stereocenters. The van der Waals surface area contributed by atoms with Gasteiger partial charge in [-0.1, -0.05) is 29.3 Å². The van der Waals surface area contributed by atoms with Gasteiger partial charge in [0.15, 0.2) is 0 Å². The zero-order valence-electron chi connectivity index (χ0n) is 16.8. The number of hydrogen-bond donors (Lipinski definition) is 1. The van der Waals surface area contributed by atoms with Gasteiger partial charge in [-0.05, 0) is 77.5 Å². The average molecular weight is 524 g/mol. The molecular weight excluding hydrogens is 504 g/mol. The fourth-order valence-corrected chi connectivity index (χ4v) is 4.65. The smallest absolute Gasteiger partial charge is 0.264 e. The number of aryl methyl sites for hydroxylation is 1. The molecule has 162 valence electrons. The Balaban J connectivity index is 1.93. The SMILES string of the molecule is COc1ccc(N(CC(=O)Nc2ccc(Br)c(Cl)c2)S(=O)(=O)c2ccc(C)cc2)cc1. The second-order valence-corrected chi connectivity index (χ2v) is 9.82. The van der Waals surface area contributed by atoms with E-state index < -0.39 is 22.5 Å². The first-order chi connectivity index (χ1) is 14.7. The van der Waals surface area contributed by atoms with E-state index in [9.17, 15) is 13.2 Å². The molecular formula is C22H20BrClN2O4S. The standard InChI is InChI=1S/C22H20BrClN2O4S/c1-15-3-10-19(11-4-15)31(28,29)26(17-6-8-18(30-2)9-7-17)14-22(27)25-16-5-12-20(23)21(24)13-16/h3-13H,14H2,1-2H3,(H,25,27). The predicted octanol–water partition coefficient (Wildman–Crippen LogP) is 5.25. The second-order valence-electron chi connectivity index (χ2n) is 6.70. The Morgan fingerprint density at radius 1 is 1.06 bits per heavy atom. The molecule has 3 aromatic carbocycles. The number of methoxy groups -OCH3 is 1. The Bertz CT molecular complexity index is 1180. The van der Waals surface area contributed by atoms with E-state index in [1.165, 1.54) is 19.2 Å². The van der Waals surface area contributed by atoms with Gasteiger partial charge in [0.1, 0.15) is 12.3 Å². The summed E-state index contributed by atoms with van der Waals surface area (Å²) in [6.07, 6.45) is 0. The molecule has 0 radical (unpaired) electrons. The Morgan fingerprint density at radius 2 is 1.71 bits per heavy atom. The minimum Gasteiger partial charge on any atom is -0.497 e. The van der Waals surface area contributed by atoms with Crippen molar-refractivity contribution in [2.24, 2.45) is 0 Å². The zero-order chi connectivity index (χ0) is 22.6. The number of hydrogen-bond acceptors (Lipinski definition) is 4. The molecule has 3 rings (SSSR count). The lowest BCUT2D eigenvalue weighted by atomic mass is 10.2. The van der Waals surface area contributed by atoms with Crippen molar-refractivity contribution in [3.63, 3.8) is 0 Å². The number of nitrogens with zero attached hydrogens (tertiary/aromatic N) is 1. The highest BCUT2D eigenvalue weighted by Gasteiger charge is 2.27. The third-order valence-corrected chi connectivity index (χ3v) is 7.48. The van der Waals surface area contributed by atoms with Crippen LogP contribution in [0.25, 0.3) is 0 Å². The first kappa shape index (κ1) is 23.1. The summed E-state index contributed by atoms with van der Waals surface area (Å²) in [5.41, 5.74) is 1.73. The van der Waals surface area contributed by atoms with Crippen LogP contribution in [-0.4, -0.2) is 28.0 Å². The van der Waals surface area contributed by atoms with Crippen LogP contribution in [0.5, 0.6) is 5.75 Å². The fourth-order valence-electron chi connectivity index (χ4n) is 2.81. The first-order valence-electron chi connectivity index (χ1n) is 9.19. The van der Waals surface area contributed by atoms with Crippen LogP contribution in [0.1, 0.15) is 5.56 Å². The van der Waals surface area contributed by atoms with Crippen molar-refractivity contribution in [2.75, 3.05) is 23.3 Å². The summed E-state index contributed by atoms with van der Waals surface area (Å²) < 4.78 is 33.6. The normalized spacial score (nSPS) is 11.1. The molecule has 3 aromatic rings. The fraction of sp³-hybridized carbons (Fsp3) is 0.136. The van der Waals surface area contributed by atoms with Gasteiger partial charge in [0.25, 0.3) is 10.0 Å². The molecule has 31 heavy (non-hydrogen) atoms. The molecule has 0 aliphatic carbocycles. The molecule has 0 bridgehead atoms. The topological polar surface area (TPSA) is 75.7 Å². The summed E-state index contributed by atoms with van der Waals surface area (Å²) in [7, 11) is -2.47. The molecule has 0 aliphatic heterocycles. The van der Waals surface area contributed by atoms with Gasteiger partial charge >= 0.3 is 0 Å². The van der Waals surface area contributed by atoms with E-state index in [0.717, 1.165) is 9.87 Å². The number of ether oxygens (including phenoxy) is 1.